The summed E-state index contributed by atoms with van der Waals surface area (Å²) in [6, 6.07) is 0. The molecule has 1 saturated carbocycles. The Morgan fingerprint density at radius 1 is 1.38 bits per heavy atom. The van der Waals surface area contributed by atoms with E-state index in [4.69, 9.17) is 16.3 Å². The molecular formula is C11H21ClO. The van der Waals surface area contributed by atoms with Crippen molar-refractivity contribution in [2.75, 3.05) is 13.7 Å². The lowest BCUT2D eigenvalue weighted by molar-refractivity contribution is 0.154. The summed E-state index contributed by atoms with van der Waals surface area (Å²) >= 11 is 6.29. The van der Waals surface area contributed by atoms with Crippen LogP contribution in [0.2, 0.25) is 0 Å². The van der Waals surface area contributed by atoms with Gasteiger partial charge in [0.1, 0.15) is 0 Å². The summed E-state index contributed by atoms with van der Waals surface area (Å²) in [4.78, 5) is 0. The quantitative estimate of drug-likeness (QED) is 0.638. The molecule has 2 heteroatoms. The first-order valence-electron chi connectivity index (χ1n) is 5.41. The van der Waals surface area contributed by atoms with E-state index in [1.165, 1.54) is 25.7 Å². The summed E-state index contributed by atoms with van der Waals surface area (Å²) in [5.41, 5.74) is 0. The van der Waals surface area contributed by atoms with E-state index in [1.807, 2.05) is 0 Å². The SMILES string of the molecule is CCC1CCC(Cl)C(CCOC)C1. The van der Waals surface area contributed by atoms with Gasteiger partial charge in [-0.15, -0.1) is 11.6 Å². The molecule has 0 aromatic heterocycles. The summed E-state index contributed by atoms with van der Waals surface area (Å²) in [6.45, 7) is 3.15. The van der Waals surface area contributed by atoms with Gasteiger partial charge in [0.2, 0.25) is 0 Å². The van der Waals surface area contributed by atoms with Crippen LogP contribution in [0.15, 0.2) is 0 Å². The third-order valence-corrected chi connectivity index (χ3v) is 3.84. The highest BCUT2D eigenvalue weighted by atomic mass is 35.5. The Labute approximate surface area is 86.8 Å². The lowest BCUT2D eigenvalue weighted by atomic mass is 9.78. The first kappa shape index (κ1) is 11.3. The van der Waals surface area contributed by atoms with Gasteiger partial charge >= 0.3 is 0 Å². The molecule has 0 heterocycles. The molecule has 3 unspecified atom stereocenters. The van der Waals surface area contributed by atoms with Gasteiger partial charge < -0.3 is 4.74 Å². The number of hydrogen-bond acceptors (Lipinski definition) is 1. The number of ether oxygens (including phenoxy) is 1. The summed E-state index contributed by atoms with van der Waals surface area (Å²) in [6.07, 6.45) is 6.30. The predicted octanol–water partition coefficient (Wildman–Crippen LogP) is 3.46. The Kier molecular flexibility index (Phi) is 5.12. The van der Waals surface area contributed by atoms with Crippen molar-refractivity contribution >= 4 is 11.6 Å². The normalized spacial score (nSPS) is 34.8. The average Bonchev–Trinajstić information content (AvgIpc) is 2.17. The van der Waals surface area contributed by atoms with Gasteiger partial charge in [-0.05, 0) is 37.5 Å². The van der Waals surface area contributed by atoms with Gasteiger partial charge in [0.05, 0.1) is 0 Å². The zero-order valence-electron chi connectivity index (χ0n) is 8.76. The maximum atomic E-state index is 6.29. The van der Waals surface area contributed by atoms with Gasteiger partial charge in [0, 0.05) is 19.1 Å². The zero-order chi connectivity index (χ0) is 9.68. The van der Waals surface area contributed by atoms with Crippen LogP contribution in [-0.4, -0.2) is 19.1 Å². The van der Waals surface area contributed by atoms with E-state index in [2.05, 4.69) is 6.92 Å². The van der Waals surface area contributed by atoms with Crippen LogP contribution in [0.1, 0.15) is 39.0 Å². The van der Waals surface area contributed by atoms with E-state index in [0.29, 0.717) is 11.3 Å². The van der Waals surface area contributed by atoms with Gasteiger partial charge in [-0.1, -0.05) is 13.3 Å². The first-order valence-corrected chi connectivity index (χ1v) is 5.84. The number of alkyl halides is 1. The molecule has 0 N–H and O–H groups in total. The van der Waals surface area contributed by atoms with Crippen LogP contribution < -0.4 is 0 Å². The van der Waals surface area contributed by atoms with Crippen molar-refractivity contribution in [3.63, 3.8) is 0 Å². The van der Waals surface area contributed by atoms with Crippen LogP contribution in [0.4, 0.5) is 0 Å². The predicted molar refractivity (Wildman–Crippen MR) is 57.3 cm³/mol. The zero-order valence-corrected chi connectivity index (χ0v) is 9.52. The summed E-state index contributed by atoms with van der Waals surface area (Å²) in [5.74, 6) is 1.61. The molecule has 1 rings (SSSR count). The highest BCUT2D eigenvalue weighted by molar-refractivity contribution is 6.20. The molecule has 0 spiro atoms. The standard InChI is InChI=1S/C11H21ClO/c1-3-9-4-5-11(12)10(8-9)6-7-13-2/h9-11H,3-8H2,1-2H3. The number of methoxy groups -OCH3 is 1. The minimum Gasteiger partial charge on any atom is -0.385 e. The third kappa shape index (κ3) is 3.47. The highest BCUT2D eigenvalue weighted by Crippen LogP contribution is 2.35. The number of rotatable bonds is 4. The van der Waals surface area contributed by atoms with Crippen molar-refractivity contribution in [1.82, 2.24) is 0 Å². The highest BCUT2D eigenvalue weighted by Gasteiger charge is 2.27. The summed E-state index contributed by atoms with van der Waals surface area (Å²) in [7, 11) is 1.77. The molecule has 0 saturated heterocycles. The molecule has 1 aliphatic carbocycles. The molecule has 0 aromatic carbocycles. The van der Waals surface area contributed by atoms with Gasteiger partial charge in [0.25, 0.3) is 0 Å². The second-order valence-corrected chi connectivity index (χ2v) is 4.71. The van der Waals surface area contributed by atoms with E-state index in [-0.39, 0.29) is 0 Å². The molecule has 0 aromatic rings. The topological polar surface area (TPSA) is 9.23 Å². The van der Waals surface area contributed by atoms with Crippen LogP contribution in [0.25, 0.3) is 0 Å². The van der Waals surface area contributed by atoms with E-state index < -0.39 is 0 Å². The third-order valence-electron chi connectivity index (χ3n) is 3.27. The van der Waals surface area contributed by atoms with Gasteiger partial charge in [0.15, 0.2) is 0 Å². The molecule has 0 bridgehead atoms. The molecular weight excluding hydrogens is 184 g/mol. The minimum atomic E-state index is 0.401. The van der Waals surface area contributed by atoms with E-state index in [0.717, 1.165) is 18.9 Å². The Morgan fingerprint density at radius 3 is 2.77 bits per heavy atom. The first-order chi connectivity index (χ1) is 6.27. The van der Waals surface area contributed by atoms with Crippen LogP contribution in [0, 0.1) is 11.8 Å². The second-order valence-electron chi connectivity index (χ2n) is 4.14. The fourth-order valence-electron chi connectivity index (χ4n) is 2.26. The van der Waals surface area contributed by atoms with E-state index >= 15 is 0 Å². The number of halogens is 1. The molecule has 1 nitrogen and oxygen atoms in total. The molecule has 0 amide bonds. The number of hydrogen-bond donors (Lipinski definition) is 0. The van der Waals surface area contributed by atoms with E-state index in [9.17, 15) is 0 Å². The fraction of sp³-hybridized carbons (Fsp3) is 1.00. The molecule has 1 fully saturated rings. The Morgan fingerprint density at radius 2 is 2.15 bits per heavy atom. The Bertz CT molecular complexity index is 138. The largest absolute Gasteiger partial charge is 0.385 e. The van der Waals surface area contributed by atoms with Crippen molar-refractivity contribution in [3.05, 3.63) is 0 Å². The Balaban J connectivity index is 2.31. The van der Waals surface area contributed by atoms with Gasteiger partial charge in [-0.2, -0.15) is 0 Å². The second kappa shape index (κ2) is 5.87. The minimum absolute atomic E-state index is 0.401. The smallest absolute Gasteiger partial charge is 0.0465 e. The molecule has 3 atom stereocenters. The van der Waals surface area contributed by atoms with Crippen LogP contribution in [0.5, 0.6) is 0 Å². The maximum absolute atomic E-state index is 6.29. The van der Waals surface area contributed by atoms with Crippen LogP contribution in [0.3, 0.4) is 0 Å². The molecule has 0 aliphatic heterocycles. The monoisotopic (exact) mass is 204 g/mol. The maximum Gasteiger partial charge on any atom is 0.0465 e. The fourth-order valence-corrected chi connectivity index (χ4v) is 2.62. The van der Waals surface area contributed by atoms with Crippen molar-refractivity contribution < 1.29 is 4.74 Å². The lowest BCUT2D eigenvalue weighted by Crippen LogP contribution is -2.26. The molecule has 0 radical (unpaired) electrons. The van der Waals surface area contributed by atoms with Crippen LogP contribution >= 0.6 is 11.6 Å². The van der Waals surface area contributed by atoms with Gasteiger partial charge in [-0.3, -0.25) is 0 Å². The van der Waals surface area contributed by atoms with Crippen molar-refractivity contribution in [2.45, 2.75) is 44.4 Å². The van der Waals surface area contributed by atoms with Crippen LogP contribution in [-0.2, 0) is 4.74 Å². The van der Waals surface area contributed by atoms with Crippen molar-refractivity contribution in [3.8, 4) is 0 Å². The Hall–Kier alpha value is 0.250. The molecule has 1 aliphatic rings. The van der Waals surface area contributed by atoms with E-state index in [1.54, 1.807) is 7.11 Å². The van der Waals surface area contributed by atoms with Gasteiger partial charge in [-0.25, -0.2) is 0 Å². The van der Waals surface area contributed by atoms with Crippen molar-refractivity contribution in [2.24, 2.45) is 11.8 Å². The lowest BCUT2D eigenvalue weighted by Gasteiger charge is -2.32. The molecule has 78 valence electrons. The van der Waals surface area contributed by atoms with Crippen molar-refractivity contribution in [1.29, 1.82) is 0 Å². The summed E-state index contributed by atoms with van der Waals surface area (Å²) < 4.78 is 5.10. The summed E-state index contributed by atoms with van der Waals surface area (Å²) in [5, 5.41) is 0.401. The average molecular weight is 205 g/mol. The molecule has 13 heavy (non-hydrogen) atoms.